The molecule has 2 aliphatic rings. The van der Waals surface area contributed by atoms with Crippen molar-refractivity contribution in [3.05, 3.63) is 57.6 Å². The number of hydrogen-bond acceptors (Lipinski definition) is 5. The molecule has 2 N–H and O–H groups in total. The lowest BCUT2D eigenvalue weighted by molar-refractivity contribution is -0.138. The van der Waals surface area contributed by atoms with E-state index >= 15 is 0 Å². The van der Waals surface area contributed by atoms with Crippen LogP contribution in [0, 0.1) is 0 Å². The van der Waals surface area contributed by atoms with Crippen molar-refractivity contribution in [3.8, 4) is 5.75 Å². The summed E-state index contributed by atoms with van der Waals surface area (Å²) < 4.78 is 71.1. The summed E-state index contributed by atoms with van der Waals surface area (Å²) in [6.45, 7) is 3.96. The summed E-state index contributed by atoms with van der Waals surface area (Å²) in [5.41, 5.74) is -2.50. The van der Waals surface area contributed by atoms with Gasteiger partial charge in [0.05, 0.1) is 26.1 Å². The molecule has 1 amide bonds. The van der Waals surface area contributed by atoms with E-state index in [9.17, 15) is 26.4 Å². The molecule has 2 saturated heterocycles. The Bertz CT molecular complexity index is 1310. The second kappa shape index (κ2) is 10.8. The van der Waals surface area contributed by atoms with Crippen molar-refractivity contribution in [2.24, 2.45) is 5.14 Å². The Morgan fingerprint density at radius 1 is 1.05 bits per heavy atom. The highest BCUT2D eigenvalue weighted by Crippen LogP contribution is 2.37. The number of halogens is 5. The molecule has 2 fully saturated rings. The van der Waals surface area contributed by atoms with Crippen LogP contribution in [0.15, 0.2) is 41.3 Å². The summed E-state index contributed by atoms with van der Waals surface area (Å²) in [7, 11) is -4.55. The van der Waals surface area contributed by atoms with Crippen LogP contribution in [0.4, 0.5) is 13.2 Å². The third-order valence-electron chi connectivity index (χ3n) is 7.38. The summed E-state index contributed by atoms with van der Waals surface area (Å²) in [4.78, 5) is 16.0. The van der Waals surface area contributed by atoms with Crippen LogP contribution in [-0.4, -0.2) is 61.9 Å². The minimum absolute atomic E-state index is 0.00395. The first-order valence-electron chi connectivity index (χ1n) is 12.1. The molecular formula is C25H28Cl2F3N3O4S. The van der Waals surface area contributed by atoms with Gasteiger partial charge in [-0.3, -0.25) is 9.69 Å². The second-order valence-corrected chi connectivity index (χ2v) is 12.2. The van der Waals surface area contributed by atoms with Crippen LogP contribution < -0.4 is 9.88 Å². The highest BCUT2D eigenvalue weighted by Gasteiger charge is 2.42. The van der Waals surface area contributed by atoms with Crippen molar-refractivity contribution in [1.29, 1.82) is 0 Å². The van der Waals surface area contributed by atoms with E-state index in [0.717, 1.165) is 38.1 Å². The molecule has 0 aromatic heterocycles. The van der Waals surface area contributed by atoms with E-state index in [0.29, 0.717) is 34.7 Å². The van der Waals surface area contributed by atoms with Crippen molar-refractivity contribution in [1.82, 2.24) is 9.80 Å². The van der Waals surface area contributed by atoms with Crippen LogP contribution in [0.5, 0.6) is 5.75 Å². The highest BCUT2D eigenvalue weighted by molar-refractivity contribution is 7.89. The normalized spacial score (nSPS) is 19.4. The second-order valence-electron chi connectivity index (χ2n) is 9.89. The third-order valence-corrected chi connectivity index (χ3v) is 9.07. The molecule has 0 aliphatic carbocycles. The summed E-state index contributed by atoms with van der Waals surface area (Å²) in [6, 6.07) is 7.69. The van der Waals surface area contributed by atoms with Crippen molar-refractivity contribution in [3.63, 3.8) is 0 Å². The van der Waals surface area contributed by atoms with Crippen LogP contribution in [0.25, 0.3) is 0 Å². The smallest absolute Gasteiger partial charge is 0.417 e. The number of piperidine rings is 2. The zero-order valence-corrected chi connectivity index (χ0v) is 22.9. The number of nitrogens with zero attached hydrogens (tertiary/aromatic N) is 2. The molecule has 0 atom stereocenters. The van der Waals surface area contributed by atoms with E-state index in [-0.39, 0.29) is 24.7 Å². The van der Waals surface area contributed by atoms with Gasteiger partial charge in [-0.15, -0.1) is 0 Å². The Labute approximate surface area is 229 Å². The monoisotopic (exact) mass is 593 g/mol. The van der Waals surface area contributed by atoms with Crippen molar-refractivity contribution in [2.45, 2.75) is 55.3 Å². The fraction of sp³-hybridized carbons (Fsp3) is 0.480. The number of likely N-dealkylation sites (tertiary alicyclic amines) is 2. The Balaban J connectivity index is 1.41. The highest BCUT2D eigenvalue weighted by atomic mass is 35.5. The lowest BCUT2D eigenvalue weighted by atomic mass is 9.85. The average molecular weight is 594 g/mol. The molecule has 7 nitrogen and oxygen atoms in total. The molecule has 0 saturated carbocycles. The lowest BCUT2D eigenvalue weighted by Crippen LogP contribution is -2.57. The number of carbonyl (C=O) groups excluding carboxylic acids is 1. The molecule has 0 unspecified atom stereocenters. The third kappa shape index (κ3) is 6.22. The summed E-state index contributed by atoms with van der Waals surface area (Å²) >= 11 is 12.0. The van der Waals surface area contributed by atoms with E-state index in [2.05, 4.69) is 11.8 Å². The molecule has 2 aromatic rings. The van der Waals surface area contributed by atoms with Crippen LogP contribution >= 0.6 is 23.2 Å². The Morgan fingerprint density at radius 2 is 1.68 bits per heavy atom. The van der Waals surface area contributed by atoms with Crippen molar-refractivity contribution >= 4 is 39.1 Å². The molecule has 38 heavy (non-hydrogen) atoms. The minimum atomic E-state index is -4.92. The van der Waals surface area contributed by atoms with Crippen LogP contribution in [0.3, 0.4) is 0 Å². The number of nitrogens with two attached hydrogens (primary N) is 1. The average Bonchev–Trinajstić information content (AvgIpc) is 2.85. The first-order valence-corrected chi connectivity index (χ1v) is 14.4. The van der Waals surface area contributed by atoms with Gasteiger partial charge in [0.15, 0.2) is 0 Å². The maximum atomic E-state index is 13.7. The first kappa shape index (κ1) is 28.9. The largest absolute Gasteiger partial charge is 0.490 e. The van der Waals surface area contributed by atoms with Gasteiger partial charge in [-0.2, -0.15) is 13.2 Å². The van der Waals surface area contributed by atoms with Gasteiger partial charge in [0.25, 0.3) is 5.91 Å². The molecule has 0 bridgehead atoms. The maximum Gasteiger partial charge on any atom is 0.417 e. The molecule has 13 heteroatoms. The molecule has 4 rings (SSSR count). The molecule has 0 spiro atoms. The van der Waals surface area contributed by atoms with E-state index in [1.165, 1.54) is 4.90 Å². The first-order chi connectivity index (χ1) is 17.7. The van der Waals surface area contributed by atoms with Crippen LogP contribution in [0.1, 0.15) is 48.5 Å². The number of ether oxygens (including phenoxy) is 1. The Morgan fingerprint density at radius 3 is 2.24 bits per heavy atom. The van der Waals surface area contributed by atoms with Gasteiger partial charge in [-0.25, -0.2) is 13.6 Å². The van der Waals surface area contributed by atoms with E-state index in [4.69, 9.17) is 33.1 Å². The number of benzene rings is 2. The molecule has 208 valence electrons. The van der Waals surface area contributed by atoms with Crippen molar-refractivity contribution < 1.29 is 31.1 Å². The van der Waals surface area contributed by atoms with Gasteiger partial charge < -0.3 is 9.64 Å². The summed E-state index contributed by atoms with van der Waals surface area (Å²) in [5.74, 6) is -0.341. The lowest BCUT2D eigenvalue weighted by Gasteiger charge is -2.49. The van der Waals surface area contributed by atoms with Crippen molar-refractivity contribution in [2.75, 3.05) is 26.2 Å². The Kier molecular flexibility index (Phi) is 8.26. The maximum absolute atomic E-state index is 13.7. The Hall–Kier alpha value is -2.05. The topological polar surface area (TPSA) is 92.9 Å². The predicted octanol–water partition coefficient (Wildman–Crippen LogP) is 5.20. The molecule has 2 aliphatic heterocycles. The number of alkyl halides is 3. The van der Waals surface area contributed by atoms with E-state index < -0.39 is 38.1 Å². The standard InChI is InChI=1S/C25H28Cl2F3N3O4S/c1-24(33-11-7-16(8-12-33)37-17-5-6-19(26)20(27)15-17)9-13-32(14-10-24)23(34)22-18(25(28,29)30)3-2-4-21(22)38(31,35)36/h2-6,15-16H,7-14H2,1H3,(H2,31,35,36). The summed E-state index contributed by atoms with van der Waals surface area (Å²) in [5, 5.41) is 6.03. The van der Waals surface area contributed by atoms with Gasteiger partial charge >= 0.3 is 6.18 Å². The molecule has 2 heterocycles. The number of rotatable bonds is 5. The number of sulfonamides is 1. The van der Waals surface area contributed by atoms with Gasteiger partial charge in [0.2, 0.25) is 10.0 Å². The zero-order chi connectivity index (χ0) is 27.9. The molecule has 2 aromatic carbocycles. The summed E-state index contributed by atoms with van der Waals surface area (Å²) in [6.07, 6.45) is -2.32. The van der Waals surface area contributed by atoms with E-state index in [1.807, 2.05) is 0 Å². The molecular weight excluding hydrogens is 566 g/mol. The predicted molar refractivity (Wildman–Crippen MR) is 138 cm³/mol. The SMILES string of the molecule is CC1(N2CCC(Oc3ccc(Cl)c(Cl)c3)CC2)CCN(C(=O)c2c(C(F)(F)F)cccc2S(N)(=O)=O)CC1. The number of hydrogen-bond donors (Lipinski definition) is 1. The van der Waals surface area contributed by atoms with Crippen LogP contribution in [-0.2, 0) is 16.2 Å². The number of primary sulfonamides is 1. The number of carbonyl (C=O) groups is 1. The van der Waals surface area contributed by atoms with Gasteiger partial charge in [-0.05, 0) is 56.9 Å². The molecule has 0 radical (unpaired) electrons. The van der Waals surface area contributed by atoms with Crippen LogP contribution in [0.2, 0.25) is 10.0 Å². The van der Waals surface area contributed by atoms with Gasteiger partial charge in [0.1, 0.15) is 11.9 Å². The fourth-order valence-electron chi connectivity index (χ4n) is 5.15. The van der Waals surface area contributed by atoms with Gasteiger partial charge in [-0.1, -0.05) is 29.3 Å². The fourth-order valence-corrected chi connectivity index (χ4v) is 6.19. The quantitative estimate of drug-likeness (QED) is 0.514. The van der Waals surface area contributed by atoms with E-state index in [1.54, 1.807) is 18.2 Å². The zero-order valence-electron chi connectivity index (χ0n) is 20.6. The van der Waals surface area contributed by atoms with Gasteiger partial charge in [0, 0.05) is 37.8 Å². The minimum Gasteiger partial charge on any atom is -0.490 e. The number of amides is 1.